The van der Waals surface area contributed by atoms with Crippen LogP contribution in [0.25, 0.3) is 0 Å². The van der Waals surface area contributed by atoms with Gasteiger partial charge in [0.2, 0.25) is 0 Å². The number of rotatable bonds is 2. The van der Waals surface area contributed by atoms with Gasteiger partial charge in [0, 0.05) is 18.2 Å². The van der Waals surface area contributed by atoms with E-state index in [1.807, 2.05) is 32.0 Å². The normalized spacial score (nSPS) is 18.9. The third-order valence-corrected chi connectivity index (χ3v) is 3.27. The number of benzene rings is 1. The van der Waals surface area contributed by atoms with Gasteiger partial charge in [-0.3, -0.25) is 4.79 Å². The summed E-state index contributed by atoms with van der Waals surface area (Å²) < 4.78 is 0. The molecule has 4 heteroatoms. The second-order valence-electron chi connectivity index (χ2n) is 4.84. The molecule has 1 atom stereocenters. The maximum absolute atomic E-state index is 12.1. The topological polar surface area (TPSA) is 41.1 Å². The molecule has 0 saturated carbocycles. The fourth-order valence-corrected chi connectivity index (χ4v) is 2.22. The molecule has 1 aromatic carbocycles. The Kier molecular flexibility index (Phi) is 5.63. The van der Waals surface area contributed by atoms with Crippen LogP contribution in [0.2, 0.25) is 0 Å². The van der Waals surface area contributed by atoms with Crippen molar-refractivity contribution in [2.24, 2.45) is 0 Å². The molecule has 0 bridgehead atoms. The van der Waals surface area contributed by atoms with Crippen LogP contribution in [-0.2, 0) is 0 Å². The zero-order chi connectivity index (χ0) is 12.3. The second-order valence-corrected chi connectivity index (χ2v) is 4.84. The summed E-state index contributed by atoms with van der Waals surface area (Å²) in [4.78, 5) is 12.1. The number of nitrogens with one attached hydrogen (secondary N) is 2. The minimum atomic E-state index is 0. The minimum Gasteiger partial charge on any atom is -0.348 e. The van der Waals surface area contributed by atoms with Crippen LogP contribution in [0.5, 0.6) is 0 Å². The van der Waals surface area contributed by atoms with Crippen molar-refractivity contribution in [1.29, 1.82) is 0 Å². The van der Waals surface area contributed by atoms with Gasteiger partial charge in [0.15, 0.2) is 0 Å². The van der Waals surface area contributed by atoms with Crippen LogP contribution in [0.3, 0.4) is 0 Å². The van der Waals surface area contributed by atoms with E-state index in [4.69, 9.17) is 0 Å². The summed E-state index contributed by atoms with van der Waals surface area (Å²) in [5, 5.41) is 6.40. The number of carbonyl (C=O) groups is 1. The molecule has 1 heterocycles. The largest absolute Gasteiger partial charge is 0.348 e. The molecule has 0 aromatic heterocycles. The van der Waals surface area contributed by atoms with E-state index < -0.39 is 0 Å². The fraction of sp³-hybridized carbons (Fsp3) is 0.500. The molecule has 0 radical (unpaired) electrons. The zero-order valence-electron chi connectivity index (χ0n) is 11.0. The summed E-state index contributed by atoms with van der Waals surface area (Å²) in [5.74, 6) is 0.0555. The number of amides is 1. The van der Waals surface area contributed by atoms with Crippen molar-refractivity contribution in [2.45, 2.75) is 32.7 Å². The summed E-state index contributed by atoms with van der Waals surface area (Å²) in [5.41, 5.74) is 2.97. The second kappa shape index (κ2) is 6.76. The van der Waals surface area contributed by atoms with Crippen LogP contribution in [0, 0.1) is 13.8 Å². The third kappa shape index (κ3) is 3.72. The lowest BCUT2D eigenvalue weighted by Gasteiger charge is -2.24. The first-order valence-corrected chi connectivity index (χ1v) is 6.25. The summed E-state index contributed by atoms with van der Waals surface area (Å²) in [7, 11) is 0. The summed E-state index contributed by atoms with van der Waals surface area (Å²) >= 11 is 0. The number of piperidine rings is 1. The van der Waals surface area contributed by atoms with Crippen LogP contribution >= 0.6 is 12.4 Å². The standard InChI is InChI=1S/C14H20N2O.ClH/c1-10-5-6-11(2)13(8-10)14(17)16-12-4-3-7-15-9-12;/h5-6,8,12,15H,3-4,7,9H2,1-2H3,(H,16,17);1H. The van der Waals surface area contributed by atoms with Crippen LogP contribution in [0.4, 0.5) is 0 Å². The first-order chi connectivity index (χ1) is 8.16. The van der Waals surface area contributed by atoms with Gasteiger partial charge in [-0.25, -0.2) is 0 Å². The minimum absolute atomic E-state index is 0. The Bertz CT molecular complexity index is 414. The summed E-state index contributed by atoms with van der Waals surface area (Å²) in [6.45, 7) is 5.94. The lowest BCUT2D eigenvalue weighted by molar-refractivity contribution is 0.0930. The highest BCUT2D eigenvalue weighted by molar-refractivity contribution is 5.96. The average molecular weight is 269 g/mol. The van der Waals surface area contributed by atoms with Crippen LogP contribution in [0.15, 0.2) is 18.2 Å². The van der Waals surface area contributed by atoms with E-state index >= 15 is 0 Å². The van der Waals surface area contributed by atoms with Crippen molar-refractivity contribution in [3.05, 3.63) is 34.9 Å². The molecule has 1 unspecified atom stereocenters. The number of hydrogen-bond donors (Lipinski definition) is 2. The quantitative estimate of drug-likeness (QED) is 0.864. The van der Waals surface area contributed by atoms with Gasteiger partial charge in [0.05, 0.1) is 0 Å². The van der Waals surface area contributed by atoms with E-state index in [0.29, 0.717) is 0 Å². The molecule has 1 aromatic rings. The highest BCUT2D eigenvalue weighted by Gasteiger charge is 2.17. The predicted molar refractivity (Wildman–Crippen MR) is 76.5 cm³/mol. The molecule has 3 nitrogen and oxygen atoms in total. The highest BCUT2D eigenvalue weighted by Crippen LogP contribution is 2.11. The molecule has 1 aliphatic rings. The molecule has 1 fully saturated rings. The number of halogens is 1. The Morgan fingerprint density at radius 2 is 2.17 bits per heavy atom. The summed E-state index contributed by atoms with van der Waals surface area (Å²) in [6, 6.07) is 6.27. The first kappa shape index (κ1) is 15.0. The molecule has 1 aliphatic heterocycles. The van der Waals surface area contributed by atoms with E-state index in [1.54, 1.807) is 0 Å². The molecule has 2 N–H and O–H groups in total. The summed E-state index contributed by atoms with van der Waals surface area (Å²) in [6.07, 6.45) is 2.21. The zero-order valence-corrected chi connectivity index (χ0v) is 11.8. The van der Waals surface area contributed by atoms with Gasteiger partial charge in [-0.15, -0.1) is 12.4 Å². The van der Waals surface area contributed by atoms with Crippen molar-refractivity contribution in [3.63, 3.8) is 0 Å². The van der Waals surface area contributed by atoms with Gasteiger partial charge < -0.3 is 10.6 Å². The van der Waals surface area contributed by atoms with E-state index in [9.17, 15) is 4.79 Å². The highest BCUT2D eigenvalue weighted by atomic mass is 35.5. The SMILES string of the molecule is Cc1ccc(C)c(C(=O)NC2CCCNC2)c1.Cl. The molecule has 0 spiro atoms. The molecule has 18 heavy (non-hydrogen) atoms. The van der Waals surface area contributed by atoms with E-state index in [2.05, 4.69) is 10.6 Å². The molecule has 1 saturated heterocycles. The lowest BCUT2D eigenvalue weighted by Crippen LogP contribution is -2.45. The van der Waals surface area contributed by atoms with Crippen LogP contribution < -0.4 is 10.6 Å². The average Bonchev–Trinajstić information content (AvgIpc) is 2.33. The maximum Gasteiger partial charge on any atom is 0.251 e. The monoisotopic (exact) mass is 268 g/mol. The van der Waals surface area contributed by atoms with Gasteiger partial charge in [-0.1, -0.05) is 17.7 Å². The number of carbonyl (C=O) groups excluding carboxylic acids is 1. The van der Waals surface area contributed by atoms with Gasteiger partial charge in [-0.05, 0) is 44.9 Å². The Balaban J connectivity index is 0.00000162. The molecule has 2 rings (SSSR count). The van der Waals surface area contributed by atoms with Gasteiger partial charge in [0.25, 0.3) is 5.91 Å². The Labute approximate surface area is 115 Å². The maximum atomic E-state index is 12.1. The van der Waals surface area contributed by atoms with Crippen molar-refractivity contribution >= 4 is 18.3 Å². The first-order valence-electron chi connectivity index (χ1n) is 6.25. The lowest BCUT2D eigenvalue weighted by atomic mass is 10.0. The smallest absolute Gasteiger partial charge is 0.251 e. The van der Waals surface area contributed by atoms with Crippen molar-refractivity contribution in [2.75, 3.05) is 13.1 Å². The van der Waals surface area contributed by atoms with E-state index in [-0.39, 0.29) is 24.4 Å². The van der Waals surface area contributed by atoms with Gasteiger partial charge in [-0.2, -0.15) is 0 Å². The Morgan fingerprint density at radius 1 is 1.39 bits per heavy atom. The Hall–Kier alpha value is -1.06. The van der Waals surface area contributed by atoms with E-state index in [1.165, 1.54) is 0 Å². The molecule has 0 aliphatic carbocycles. The van der Waals surface area contributed by atoms with Crippen molar-refractivity contribution < 1.29 is 4.79 Å². The van der Waals surface area contributed by atoms with E-state index in [0.717, 1.165) is 42.6 Å². The van der Waals surface area contributed by atoms with Crippen LogP contribution in [0.1, 0.15) is 34.3 Å². The van der Waals surface area contributed by atoms with Gasteiger partial charge >= 0.3 is 0 Å². The number of hydrogen-bond acceptors (Lipinski definition) is 2. The predicted octanol–water partition coefficient (Wildman–Crippen LogP) is 2.21. The van der Waals surface area contributed by atoms with Crippen LogP contribution in [-0.4, -0.2) is 25.0 Å². The van der Waals surface area contributed by atoms with Gasteiger partial charge in [0.1, 0.15) is 0 Å². The molecule has 1 amide bonds. The number of aryl methyl sites for hydroxylation is 2. The Morgan fingerprint density at radius 3 is 2.83 bits per heavy atom. The molecular weight excluding hydrogens is 248 g/mol. The van der Waals surface area contributed by atoms with Crippen molar-refractivity contribution in [3.8, 4) is 0 Å². The molecular formula is C14H21ClN2O. The molecule has 100 valence electrons. The fourth-order valence-electron chi connectivity index (χ4n) is 2.22. The van der Waals surface area contributed by atoms with Crippen molar-refractivity contribution in [1.82, 2.24) is 10.6 Å². The third-order valence-electron chi connectivity index (χ3n) is 3.27.